The second-order valence-electron chi connectivity index (χ2n) is 3.05. The van der Waals surface area contributed by atoms with Gasteiger partial charge >= 0.3 is 0 Å². The number of alkyl halides is 1. The average Bonchev–Trinajstić information content (AvgIpc) is 2.20. The van der Waals surface area contributed by atoms with Crippen molar-refractivity contribution in [2.45, 2.75) is 20.0 Å². The number of aliphatic hydroxyl groups is 1. The molecule has 1 nitrogen and oxygen atoms in total. The van der Waals surface area contributed by atoms with Gasteiger partial charge in [-0.15, -0.1) is 11.6 Å². The van der Waals surface area contributed by atoms with E-state index in [9.17, 15) is 0 Å². The molecular formula is C12H13ClO. The van der Waals surface area contributed by atoms with Crippen LogP contribution >= 0.6 is 11.6 Å². The maximum atomic E-state index is 8.91. The molecule has 0 bridgehead atoms. The predicted molar refractivity (Wildman–Crippen MR) is 59.3 cm³/mol. The number of halogens is 1. The maximum Gasteiger partial charge on any atom is 0.0681 e. The van der Waals surface area contributed by atoms with Crippen LogP contribution in [0.4, 0.5) is 0 Å². The van der Waals surface area contributed by atoms with Crippen LogP contribution in [0.3, 0.4) is 0 Å². The molecule has 0 fully saturated rings. The highest BCUT2D eigenvalue weighted by Crippen LogP contribution is 2.09. The van der Waals surface area contributed by atoms with Crippen LogP contribution in [0.5, 0.6) is 0 Å². The van der Waals surface area contributed by atoms with Gasteiger partial charge in [0.05, 0.1) is 6.61 Å². The van der Waals surface area contributed by atoms with Crippen molar-refractivity contribution in [2.75, 3.05) is 5.88 Å². The minimum atomic E-state index is 0.0796. The van der Waals surface area contributed by atoms with Crippen molar-refractivity contribution < 1.29 is 5.11 Å². The molecule has 0 spiro atoms. The fraction of sp³-hybridized carbons (Fsp3) is 0.333. The molecule has 0 amide bonds. The highest BCUT2D eigenvalue weighted by molar-refractivity contribution is 6.18. The fourth-order valence-electron chi connectivity index (χ4n) is 1.17. The Balaban J connectivity index is 2.85. The van der Waals surface area contributed by atoms with Gasteiger partial charge in [0.25, 0.3) is 0 Å². The largest absolute Gasteiger partial charge is 0.392 e. The van der Waals surface area contributed by atoms with Crippen molar-refractivity contribution in [1.29, 1.82) is 0 Å². The zero-order valence-electron chi connectivity index (χ0n) is 8.18. The third kappa shape index (κ3) is 3.06. The van der Waals surface area contributed by atoms with Crippen LogP contribution in [-0.4, -0.2) is 11.0 Å². The van der Waals surface area contributed by atoms with Crippen molar-refractivity contribution in [2.24, 2.45) is 0 Å². The van der Waals surface area contributed by atoms with Gasteiger partial charge in [-0.2, -0.15) is 0 Å². The molecule has 1 aromatic rings. The first-order valence-corrected chi connectivity index (χ1v) is 5.06. The Labute approximate surface area is 89.7 Å². The number of hydrogen-bond donors (Lipinski definition) is 1. The van der Waals surface area contributed by atoms with Crippen LogP contribution in [0.1, 0.15) is 23.1 Å². The molecule has 0 heterocycles. The number of benzene rings is 1. The Bertz CT molecular complexity index is 360. The summed E-state index contributed by atoms with van der Waals surface area (Å²) in [5, 5.41) is 8.91. The van der Waals surface area contributed by atoms with E-state index in [1.165, 1.54) is 0 Å². The van der Waals surface area contributed by atoms with Gasteiger partial charge in [-0.25, -0.2) is 0 Å². The van der Waals surface area contributed by atoms with Crippen LogP contribution in [0.15, 0.2) is 18.2 Å². The first-order valence-electron chi connectivity index (χ1n) is 4.53. The first kappa shape index (κ1) is 11.1. The average molecular weight is 209 g/mol. The summed E-state index contributed by atoms with van der Waals surface area (Å²) in [6.07, 6.45) is 0.711. The van der Waals surface area contributed by atoms with E-state index >= 15 is 0 Å². The Morgan fingerprint density at radius 2 is 2.21 bits per heavy atom. The molecular weight excluding hydrogens is 196 g/mol. The Morgan fingerprint density at radius 1 is 1.43 bits per heavy atom. The lowest BCUT2D eigenvalue weighted by Gasteiger charge is -2.00. The monoisotopic (exact) mass is 208 g/mol. The summed E-state index contributed by atoms with van der Waals surface area (Å²) >= 11 is 5.52. The second kappa shape index (κ2) is 5.70. The van der Waals surface area contributed by atoms with E-state index in [0.29, 0.717) is 12.3 Å². The van der Waals surface area contributed by atoms with Crippen LogP contribution in [0, 0.1) is 18.8 Å². The summed E-state index contributed by atoms with van der Waals surface area (Å²) in [5.74, 6) is 6.60. The third-order valence-electron chi connectivity index (χ3n) is 1.92. The van der Waals surface area contributed by atoms with E-state index < -0.39 is 0 Å². The molecule has 1 N–H and O–H groups in total. The minimum absolute atomic E-state index is 0.0796. The van der Waals surface area contributed by atoms with Crippen molar-refractivity contribution in [1.82, 2.24) is 0 Å². The fourth-order valence-corrected chi connectivity index (χ4v) is 1.26. The van der Waals surface area contributed by atoms with Gasteiger partial charge in [0.2, 0.25) is 0 Å². The molecule has 0 aromatic heterocycles. The predicted octanol–water partition coefficient (Wildman–Crippen LogP) is 2.47. The summed E-state index contributed by atoms with van der Waals surface area (Å²) in [6, 6.07) is 5.77. The van der Waals surface area contributed by atoms with Gasteiger partial charge in [0, 0.05) is 17.9 Å². The lowest BCUT2D eigenvalue weighted by Crippen LogP contribution is -1.87. The number of aryl methyl sites for hydroxylation is 1. The molecule has 0 atom stereocenters. The van der Waals surface area contributed by atoms with Gasteiger partial charge in [-0.3, -0.25) is 0 Å². The molecule has 0 aliphatic carbocycles. The molecule has 0 aliphatic heterocycles. The molecule has 0 saturated carbocycles. The molecule has 1 aromatic carbocycles. The lowest BCUT2D eigenvalue weighted by molar-refractivity contribution is 0.282. The summed E-state index contributed by atoms with van der Waals surface area (Å²) < 4.78 is 0. The molecule has 14 heavy (non-hydrogen) atoms. The summed E-state index contributed by atoms with van der Waals surface area (Å²) in [5.41, 5.74) is 3.02. The van der Waals surface area contributed by atoms with E-state index in [-0.39, 0.29) is 6.61 Å². The van der Waals surface area contributed by atoms with Crippen molar-refractivity contribution in [3.63, 3.8) is 0 Å². The van der Waals surface area contributed by atoms with Crippen molar-refractivity contribution in [3.8, 4) is 11.8 Å². The standard InChI is InChI=1S/C12H13ClO/c1-10-8-11(9-14)5-6-12(10)4-2-3-7-13/h5-6,8,14H,3,7,9H2,1H3. The van der Waals surface area contributed by atoms with Gasteiger partial charge in [-0.05, 0) is 24.1 Å². The van der Waals surface area contributed by atoms with Crippen molar-refractivity contribution >= 4 is 11.6 Å². The third-order valence-corrected chi connectivity index (χ3v) is 2.10. The number of rotatable bonds is 2. The highest BCUT2D eigenvalue weighted by atomic mass is 35.5. The van der Waals surface area contributed by atoms with Crippen molar-refractivity contribution in [3.05, 3.63) is 34.9 Å². The zero-order valence-corrected chi connectivity index (χ0v) is 8.93. The molecule has 0 aliphatic rings. The van der Waals surface area contributed by atoms with Crippen LogP contribution in [0.2, 0.25) is 0 Å². The maximum absolute atomic E-state index is 8.91. The Kier molecular flexibility index (Phi) is 4.52. The molecule has 0 radical (unpaired) electrons. The van der Waals surface area contributed by atoms with E-state index in [0.717, 1.165) is 16.7 Å². The number of hydrogen-bond acceptors (Lipinski definition) is 1. The molecule has 1 rings (SSSR count). The van der Waals surface area contributed by atoms with Crippen LogP contribution < -0.4 is 0 Å². The smallest absolute Gasteiger partial charge is 0.0681 e. The second-order valence-corrected chi connectivity index (χ2v) is 3.43. The molecule has 0 saturated heterocycles. The van der Waals surface area contributed by atoms with Gasteiger partial charge < -0.3 is 5.11 Å². The quantitative estimate of drug-likeness (QED) is 0.585. The summed E-state index contributed by atoms with van der Waals surface area (Å²) in [4.78, 5) is 0. The van der Waals surface area contributed by atoms with Gasteiger partial charge in [-0.1, -0.05) is 24.0 Å². The molecule has 0 unspecified atom stereocenters. The molecule has 74 valence electrons. The highest BCUT2D eigenvalue weighted by Gasteiger charge is 1.95. The van der Waals surface area contributed by atoms with E-state index in [1.807, 2.05) is 25.1 Å². The molecule has 2 heteroatoms. The SMILES string of the molecule is Cc1cc(CO)ccc1C#CCCCl. The Hall–Kier alpha value is -0.970. The Morgan fingerprint density at radius 3 is 2.79 bits per heavy atom. The normalized spacial score (nSPS) is 9.36. The van der Waals surface area contributed by atoms with Crippen LogP contribution in [0.25, 0.3) is 0 Å². The summed E-state index contributed by atoms with van der Waals surface area (Å²) in [7, 11) is 0. The zero-order chi connectivity index (χ0) is 10.4. The van der Waals surface area contributed by atoms with E-state index in [2.05, 4.69) is 11.8 Å². The first-order chi connectivity index (χ1) is 6.77. The van der Waals surface area contributed by atoms with Gasteiger partial charge in [0.15, 0.2) is 0 Å². The summed E-state index contributed by atoms with van der Waals surface area (Å²) in [6.45, 7) is 2.07. The van der Waals surface area contributed by atoms with E-state index in [1.54, 1.807) is 0 Å². The van der Waals surface area contributed by atoms with Gasteiger partial charge in [0.1, 0.15) is 0 Å². The lowest BCUT2D eigenvalue weighted by atomic mass is 10.1. The van der Waals surface area contributed by atoms with Crippen LogP contribution in [-0.2, 0) is 6.61 Å². The minimum Gasteiger partial charge on any atom is -0.392 e. The number of aliphatic hydroxyl groups excluding tert-OH is 1. The van der Waals surface area contributed by atoms with E-state index in [4.69, 9.17) is 16.7 Å². The topological polar surface area (TPSA) is 20.2 Å².